The van der Waals surface area contributed by atoms with Crippen LogP contribution in [0.2, 0.25) is 5.02 Å². The Morgan fingerprint density at radius 2 is 1.75 bits per heavy atom. The van der Waals surface area contributed by atoms with Gasteiger partial charge in [0.1, 0.15) is 16.3 Å². The molecule has 0 aliphatic heterocycles. The number of hydrogen-bond acceptors (Lipinski definition) is 5. The lowest BCUT2D eigenvalue weighted by Gasteiger charge is -2.22. The molecule has 1 amide bonds. The van der Waals surface area contributed by atoms with Crippen molar-refractivity contribution in [1.29, 1.82) is 0 Å². The summed E-state index contributed by atoms with van der Waals surface area (Å²) >= 11 is 7.26. The number of carbonyl (C=O) groups is 2. The van der Waals surface area contributed by atoms with Gasteiger partial charge in [0.2, 0.25) is 0 Å². The van der Waals surface area contributed by atoms with Gasteiger partial charge in [0.05, 0.1) is 6.61 Å². The molecule has 0 aliphatic rings. The van der Waals surface area contributed by atoms with Gasteiger partial charge in [0, 0.05) is 16.0 Å². The van der Waals surface area contributed by atoms with E-state index >= 15 is 0 Å². The van der Waals surface area contributed by atoms with Gasteiger partial charge in [-0.05, 0) is 41.7 Å². The van der Waals surface area contributed by atoms with Crippen LogP contribution in [0.4, 0.5) is 5.00 Å². The molecule has 0 bridgehead atoms. The summed E-state index contributed by atoms with van der Waals surface area (Å²) in [6.45, 7) is 8.06. The molecule has 0 radical (unpaired) electrons. The average Bonchev–Trinajstić information content (AvgIpc) is 3.16. The van der Waals surface area contributed by atoms with Crippen molar-refractivity contribution in [3.8, 4) is 16.9 Å². The van der Waals surface area contributed by atoms with Crippen LogP contribution in [0.25, 0.3) is 11.1 Å². The van der Waals surface area contributed by atoms with E-state index in [1.54, 1.807) is 19.1 Å². The minimum Gasteiger partial charge on any atom is -0.483 e. The number of thiophene rings is 1. The molecular weight excluding hydrogens is 446 g/mol. The molecule has 0 spiro atoms. The summed E-state index contributed by atoms with van der Waals surface area (Å²) in [7, 11) is 0. The van der Waals surface area contributed by atoms with E-state index in [1.807, 2.05) is 41.8 Å². The van der Waals surface area contributed by atoms with E-state index in [4.69, 9.17) is 21.1 Å². The first-order valence-corrected chi connectivity index (χ1v) is 11.5. The van der Waals surface area contributed by atoms with Gasteiger partial charge in [-0.2, -0.15) is 0 Å². The second-order valence-electron chi connectivity index (χ2n) is 8.16. The molecule has 2 aromatic carbocycles. The summed E-state index contributed by atoms with van der Waals surface area (Å²) in [6.07, 6.45) is 0. The number of amides is 1. The maximum absolute atomic E-state index is 12.7. The number of halogens is 1. The number of rotatable bonds is 7. The fraction of sp³-hybridized carbons (Fsp3) is 0.280. The van der Waals surface area contributed by atoms with Crippen LogP contribution in [0.5, 0.6) is 5.75 Å². The van der Waals surface area contributed by atoms with Crippen LogP contribution in [0.1, 0.15) is 43.6 Å². The van der Waals surface area contributed by atoms with Gasteiger partial charge in [0.15, 0.2) is 6.61 Å². The third kappa shape index (κ3) is 5.69. The number of esters is 1. The number of nitrogens with one attached hydrogen (secondary N) is 1. The molecule has 32 heavy (non-hydrogen) atoms. The van der Waals surface area contributed by atoms with Crippen LogP contribution in [0, 0.1) is 0 Å². The molecule has 3 rings (SSSR count). The van der Waals surface area contributed by atoms with Gasteiger partial charge in [-0.25, -0.2) is 4.79 Å². The molecule has 0 aliphatic carbocycles. The Hall–Kier alpha value is -2.83. The van der Waals surface area contributed by atoms with Crippen LogP contribution in [-0.2, 0) is 14.9 Å². The first-order valence-electron chi connectivity index (χ1n) is 10.3. The Balaban J connectivity index is 1.81. The minimum absolute atomic E-state index is 0.120. The van der Waals surface area contributed by atoms with Gasteiger partial charge in [0.25, 0.3) is 5.91 Å². The Morgan fingerprint density at radius 3 is 2.41 bits per heavy atom. The van der Waals surface area contributed by atoms with Crippen LogP contribution < -0.4 is 10.1 Å². The topological polar surface area (TPSA) is 64.6 Å². The van der Waals surface area contributed by atoms with Gasteiger partial charge in [-0.1, -0.05) is 62.7 Å². The summed E-state index contributed by atoms with van der Waals surface area (Å²) in [6, 6.07) is 14.8. The fourth-order valence-electron chi connectivity index (χ4n) is 3.22. The molecule has 0 saturated heterocycles. The first kappa shape index (κ1) is 23.8. The highest BCUT2D eigenvalue weighted by molar-refractivity contribution is 7.15. The number of benzene rings is 2. The number of para-hydroxylation sites is 1. The molecule has 1 N–H and O–H groups in total. The monoisotopic (exact) mass is 471 g/mol. The average molecular weight is 472 g/mol. The van der Waals surface area contributed by atoms with Crippen LogP contribution in [-0.4, -0.2) is 25.1 Å². The second kappa shape index (κ2) is 10.2. The molecule has 0 saturated carbocycles. The van der Waals surface area contributed by atoms with Gasteiger partial charge >= 0.3 is 5.97 Å². The van der Waals surface area contributed by atoms with Gasteiger partial charge < -0.3 is 14.8 Å². The summed E-state index contributed by atoms with van der Waals surface area (Å²) in [5.41, 5.74) is 2.71. The standard InChI is InChI=1S/C25H26ClNO4S/c1-5-30-24(29)22-18(16-10-12-17(26)13-11-16)15-32-23(22)27-21(28)14-31-20-9-7-6-8-19(20)25(2,3)4/h6-13,15H,5,14H2,1-4H3,(H,27,28). The third-order valence-corrected chi connectivity index (χ3v) is 5.88. The van der Waals surface area contributed by atoms with Crippen molar-refractivity contribution in [2.24, 2.45) is 0 Å². The predicted octanol–water partition coefficient (Wildman–Crippen LogP) is 6.56. The molecule has 3 aromatic rings. The van der Waals surface area contributed by atoms with Crippen molar-refractivity contribution >= 4 is 39.8 Å². The maximum Gasteiger partial charge on any atom is 0.341 e. The van der Waals surface area contributed by atoms with Crippen molar-refractivity contribution in [3.63, 3.8) is 0 Å². The van der Waals surface area contributed by atoms with Crippen molar-refractivity contribution in [1.82, 2.24) is 0 Å². The summed E-state index contributed by atoms with van der Waals surface area (Å²) in [5.74, 6) is -0.189. The van der Waals surface area contributed by atoms with E-state index in [0.29, 0.717) is 26.9 Å². The highest BCUT2D eigenvalue weighted by Gasteiger charge is 2.23. The van der Waals surface area contributed by atoms with Crippen molar-refractivity contribution < 1.29 is 19.1 Å². The molecule has 5 nitrogen and oxygen atoms in total. The van der Waals surface area contributed by atoms with Crippen LogP contribution in [0.15, 0.2) is 53.9 Å². The third-order valence-electron chi connectivity index (χ3n) is 4.73. The van der Waals surface area contributed by atoms with E-state index < -0.39 is 5.97 Å². The first-order chi connectivity index (χ1) is 15.2. The molecule has 0 unspecified atom stereocenters. The molecule has 1 aromatic heterocycles. The number of ether oxygens (including phenoxy) is 2. The van der Waals surface area contributed by atoms with E-state index in [0.717, 1.165) is 11.1 Å². The van der Waals surface area contributed by atoms with E-state index in [-0.39, 0.29) is 24.5 Å². The minimum atomic E-state index is -0.493. The Kier molecular flexibility index (Phi) is 7.59. The van der Waals surface area contributed by atoms with E-state index in [9.17, 15) is 9.59 Å². The fourth-order valence-corrected chi connectivity index (χ4v) is 4.32. The zero-order valence-electron chi connectivity index (χ0n) is 18.5. The molecule has 0 atom stereocenters. The van der Waals surface area contributed by atoms with Crippen molar-refractivity contribution in [3.05, 3.63) is 70.1 Å². The molecular formula is C25H26ClNO4S. The molecule has 7 heteroatoms. The van der Waals surface area contributed by atoms with Crippen LogP contribution in [0.3, 0.4) is 0 Å². The second-order valence-corrected chi connectivity index (χ2v) is 9.48. The van der Waals surface area contributed by atoms with E-state index in [1.165, 1.54) is 11.3 Å². The Labute approximate surface area is 197 Å². The lowest BCUT2D eigenvalue weighted by Crippen LogP contribution is -2.22. The zero-order valence-corrected chi connectivity index (χ0v) is 20.1. The SMILES string of the molecule is CCOC(=O)c1c(-c2ccc(Cl)cc2)csc1NC(=O)COc1ccccc1C(C)(C)C. The Morgan fingerprint density at radius 1 is 1.06 bits per heavy atom. The largest absolute Gasteiger partial charge is 0.483 e. The zero-order chi connectivity index (χ0) is 23.3. The summed E-state index contributed by atoms with van der Waals surface area (Å²) in [4.78, 5) is 25.4. The predicted molar refractivity (Wildman–Crippen MR) is 130 cm³/mol. The Bertz CT molecular complexity index is 1100. The van der Waals surface area contributed by atoms with Crippen molar-refractivity contribution in [2.45, 2.75) is 33.1 Å². The van der Waals surface area contributed by atoms with Crippen LogP contribution >= 0.6 is 22.9 Å². The smallest absolute Gasteiger partial charge is 0.341 e. The number of anilines is 1. The summed E-state index contributed by atoms with van der Waals surface area (Å²) < 4.78 is 11.0. The molecule has 168 valence electrons. The number of carbonyl (C=O) groups excluding carboxylic acids is 2. The summed E-state index contributed by atoms with van der Waals surface area (Å²) in [5, 5.41) is 5.65. The highest BCUT2D eigenvalue weighted by Crippen LogP contribution is 2.37. The van der Waals surface area contributed by atoms with Crippen molar-refractivity contribution in [2.75, 3.05) is 18.5 Å². The molecule has 1 heterocycles. The normalized spacial score (nSPS) is 11.2. The number of hydrogen-bond donors (Lipinski definition) is 1. The quantitative estimate of drug-likeness (QED) is 0.396. The van der Waals surface area contributed by atoms with Gasteiger partial charge in [-0.3, -0.25) is 4.79 Å². The lowest BCUT2D eigenvalue weighted by molar-refractivity contribution is -0.118. The maximum atomic E-state index is 12.7. The van der Waals surface area contributed by atoms with Gasteiger partial charge in [-0.15, -0.1) is 11.3 Å². The molecule has 0 fully saturated rings. The lowest BCUT2D eigenvalue weighted by atomic mass is 9.86. The highest BCUT2D eigenvalue weighted by atomic mass is 35.5. The van der Waals surface area contributed by atoms with E-state index in [2.05, 4.69) is 26.1 Å².